The first-order valence-electron chi connectivity index (χ1n) is 6.13. The summed E-state index contributed by atoms with van der Waals surface area (Å²) in [4.78, 5) is 0. The number of hydrogen-bond acceptors (Lipinski definition) is 4. The lowest BCUT2D eigenvalue weighted by molar-refractivity contribution is 0.342. The smallest absolute Gasteiger partial charge is 0.144 e. The van der Waals surface area contributed by atoms with Crippen molar-refractivity contribution in [1.82, 2.24) is 0 Å². The molecule has 2 rings (SSSR count). The number of anilines is 3. The monoisotopic (exact) mass is 287 g/mol. The van der Waals surface area contributed by atoms with Crippen molar-refractivity contribution in [3.8, 4) is 11.8 Å². The number of benzene rings is 2. The molecule has 0 bridgehead atoms. The van der Waals surface area contributed by atoms with E-state index in [1.165, 1.54) is 0 Å². The fraction of sp³-hybridized carbons (Fsp3) is 0.133. The summed E-state index contributed by atoms with van der Waals surface area (Å²) in [6.07, 6.45) is 0. The second-order valence-electron chi connectivity index (χ2n) is 4.11. The summed E-state index contributed by atoms with van der Waals surface area (Å²) in [5, 5.41) is 12.8. The zero-order chi connectivity index (χ0) is 14.5. The number of halogens is 1. The van der Waals surface area contributed by atoms with Crippen LogP contribution in [0, 0.1) is 11.3 Å². The second kappa shape index (κ2) is 6.18. The highest BCUT2D eigenvalue weighted by atomic mass is 35.5. The van der Waals surface area contributed by atoms with Gasteiger partial charge in [-0.15, -0.1) is 0 Å². The van der Waals surface area contributed by atoms with E-state index >= 15 is 0 Å². The Morgan fingerprint density at radius 2 is 2.10 bits per heavy atom. The number of hydrogen-bond donors (Lipinski definition) is 2. The van der Waals surface area contributed by atoms with Gasteiger partial charge in [-0.1, -0.05) is 11.6 Å². The number of nitriles is 1. The second-order valence-corrected chi connectivity index (χ2v) is 4.55. The minimum Gasteiger partial charge on any atom is -0.492 e. The van der Waals surface area contributed by atoms with Gasteiger partial charge in [-0.05, 0) is 37.3 Å². The van der Waals surface area contributed by atoms with Crippen molar-refractivity contribution in [1.29, 1.82) is 5.26 Å². The van der Waals surface area contributed by atoms with Crippen LogP contribution < -0.4 is 15.8 Å². The van der Waals surface area contributed by atoms with Gasteiger partial charge in [0.05, 0.1) is 23.5 Å². The summed E-state index contributed by atoms with van der Waals surface area (Å²) in [5.41, 5.74) is 8.34. The normalized spacial score (nSPS) is 9.85. The first kappa shape index (κ1) is 14.0. The molecule has 0 atom stereocenters. The van der Waals surface area contributed by atoms with Crippen LogP contribution in [0.2, 0.25) is 5.02 Å². The zero-order valence-corrected chi connectivity index (χ0v) is 11.7. The van der Waals surface area contributed by atoms with E-state index in [0.717, 1.165) is 5.69 Å². The van der Waals surface area contributed by atoms with Gasteiger partial charge in [0, 0.05) is 16.8 Å². The van der Waals surface area contributed by atoms with Gasteiger partial charge in [-0.3, -0.25) is 0 Å². The number of ether oxygens (including phenoxy) is 1. The first-order valence-corrected chi connectivity index (χ1v) is 6.51. The molecule has 20 heavy (non-hydrogen) atoms. The molecular formula is C15H14ClN3O. The average molecular weight is 288 g/mol. The van der Waals surface area contributed by atoms with Gasteiger partial charge < -0.3 is 15.8 Å². The highest BCUT2D eigenvalue weighted by molar-refractivity contribution is 6.30. The van der Waals surface area contributed by atoms with Crippen molar-refractivity contribution in [2.75, 3.05) is 17.7 Å². The summed E-state index contributed by atoms with van der Waals surface area (Å²) < 4.78 is 5.44. The van der Waals surface area contributed by atoms with Crippen molar-refractivity contribution in [3.63, 3.8) is 0 Å². The van der Waals surface area contributed by atoms with E-state index < -0.39 is 0 Å². The number of nitrogens with one attached hydrogen (secondary N) is 1. The maximum atomic E-state index is 9.09. The number of nitrogens with two attached hydrogens (primary N) is 1. The number of rotatable bonds is 4. The van der Waals surface area contributed by atoms with E-state index in [1.54, 1.807) is 30.3 Å². The van der Waals surface area contributed by atoms with Crippen LogP contribution in [0.25, 0.3) is 0 Å². The molecule has 0 amide bonds. The van der Waals surface area contributed by atoms with Crippen molar-refractivity contribution in [2.24, 2.45) is 0 Å². The van der Waals surface area contributed by atoms with Gasteiger partial charge >= 0.3 is 0 Å². The molecule has 0 saturated heterocycles. The van der Waals surface area contributed by atoms with Crippen LogP contribution in [0.4, 0.5) is 17.1 Å². The molecule has 0 radical (unpaired) electrons. The summed E-state index contributed by atoms with van der Waals surface area (Å²) in [6, 6.07) is 12.5. The van der Waals surface area contributed by atoms with Gasteiger partial charge in [0.15, 0.2) is 0 Å². The predicted octanol–water partition coefficient (Wildman–Crippen LogP) is 3.94. The molecule has 0 aliphatic carbocycles. The van der Waals surface area contributed by atoms with E-state index in [9.17, 15) is 0 Å². The maximum Gasteiger partial charge on any atom is 0.144 e. The third-order valence-electron chi connectivity index (χ3n) is 2.69. The van der Waals surface area contributed by atoms with Gasteiger partial charge in [0.2, 0.25) is 0 Å². The van der Waals surface area contributed by atoms with E-state index in [1.807, 2.05) is 13.0 Å². The lowest BCUT2D eigenvalue weighted by atomic mass is 10.2. The topological polar surface area (TPSA) is 71.1 Å². The molecule has 2 aromatic rings. The molecule has 5 heteroatoms. The van der Waals surface area contributed by atoms with Crippen LogP contribution in [0.3, 0.4) is 0 Å². The fourth-order valence-electron chi connectivity index (χ4n) is 1.77. The zero-order valence-electron chi connectivity index (χ0n) is 11.0. The first-order chi connectivity index (χ1) is 9.63. The van der Waals surface area contributed by atoms with Crippen molar-refractivity contribution in [3.05, 3.63) is 47.0 Å². The third kappa shape index (κ3) is 3.14. The molecule has 0 saturated carbocycles. The molecule has 0 heterocycles. The Bertz CT molecular complexity index is 665. The van der Waals surface area contributed by atoms with E-state index in [-0.39, 0.29) is 0 Å². The van der Waals surface area contributed by atoms with E-state index in [4.69, 9.17) is 27.3 Å². The molecule has 0 aromatic heterocycles. The van der Waals surface area contributed by atoms with Crippen LogP contribution in [0.1, 0.15) is 12.5 Å². The maximum absolute atomic E-state index is 9.09. The summed E-state index contributed by atoms with van der Waals surface area (Å²) in [5.74, 6) is 0.609. The molecule has 0 fully saturated rings. The highest BCUT2D eigenvalue weighted by Crippen LogP contribution is 2.29. The molecular weight excluding hydrogens is 274 g/mol. The molecule has 102 valence electrons. The minimum atomic E-state index is 0.518. The Labute approximate surface area is 122 Å². The Morgan fingerprint density at radius 1 is 1.30 bits per heavy atom. The lowest BCUT2D eigenvalue weighted by Crippen LogP contribution is -1.99. The Morgan fingerprint density at radius 3 is 2.80 bits per heavy atom. The molecule has 3 N–H and O–H groups in total. The number of nitrogens with zero attached hydrogens (tertiary/aromatic N) is 1. The summed E-state index contributed by atoms with van der Waals surface area (Å²) >= 11 is 5.95. The standard InChI is InChI=1S/C15H14ClN3O/c1-2-20-15-8-12(5-6-13(15)18)19-14-7-11(16)4-3-10(14)9-17/h3-8,19H,2,18H2,1H3. The van der Waals surface area contributed by atoms with Crippen LogP contribution in [-0.2, 0) is 0 Å². The Kier molecular flexibility index (Phi) is 4.34. The van der Waals surface area contributed by atoms with Gasteiger partial charge in [-0.25, -0.2) is 0 Å². The Hall–Kier alpha value is -2.38. The van der Waals surface area contributed by atoms with Gasteiger partial charge in [-0.2, -0.15) is 5.26 Å². The molecule has 4 nitrogen and oxygen atoms in total. The highest BCUT2D eigenvalue weighted by Gasteiger charge is 2.06. The molecule has 2 aromatic carbocycles. The van der Waals surface area contributed by atoms with Crippen LogP contribution in [-0.4, -0.2) is 6.61 Å². The molecule has 0 aliphatic heterocycles. The van der Waals surface area contributed by atoms with Crippen LogP contribution in [0.5, 0.6) is 5.75 Å². The van der Waals surface area contributed by atoms with E-state index in [2.05, 4.69) is 11.4 Å². The SMILES string of the molecule is CCOc1cc(Nc2cc(Cl)ccc2C#N)ccc1N. The van der Waals surface area contributed by atoms with Crippen LogP contribution >= 0.6 is 11.6 Å². The predicted molar refractivity (Wildman–Crippen MR) is 81.5 cm³/mol. The molecule has 0 spiro atoms. The quantitative estimate of drug-likeness (QED) is 0.836. The molecule has 0 unspecified atom stereocenters. The van der Waals surface area contributed by atoms with Gasteiger partial charge in [0.25, 0.3) is 0 Å². The largest absolute Gasteiger partial charge is 0.492 e. The van der Waals surface area contributed by atoms with E-state index in [0.29, 0.717) is 34.3 Å². The average Bonchev–Trinajstić information content (AvgIpc) is 2.43. The minimum absolute atomic E-state index is 0.518. The summed E-state index contributed by atoms with van der Waals surface area (Å²) in [6.45, 7) is 2.43. The summed E-state index contributed by atoms with van der Waals surface area (Å²) in [7, 11) is 0. The number of nitrogen functional groups attached to an aromatic ring is 1. The van der Waals surface area contributed by atoms with Crippen molar-refractivity contribution in [2.45, 2.75) is 6.92 Å². The van der Waals surface area contributed by atoms with Crippen LogP contribution in [0.15, 0.2) is 36.4 Å². The fourth-order valence-corrected chi connectivity index (χ4v) is 1.94. The third-order valence-corrected chi connectivity index (χ3v) is 2.93. The van der Waals surface area contributed by atoms with Crippen molar-refractivity contribution >= 4 is 28.7 Å². The van der Waals surface area contributed by atoms with Crippen molar-refractivity contribution < 1.29 is 4.74 Å². The lowest BCUT2D eigenvalue weighted by Gasteiger charge is -2.12. The molecule has 0 aliphatic rings. The van der Waals surface area contributed by atoms with Gasteiger partial charge in [0.1, 0.15) is 11.8 Å². The Balaban J connectivity index is 2.33.